The monoisotopic (exact) mass is 347 g/mol. The first-order valence-electron chi connectivity index (χ1n) is 8.24. The van der Waals surface area contributed by atoms with E-state index in [9.17, 15) is 8.42 Å². The molecule has 2 N–H and O–H groups in total. The molecule has 1 aromatic carbocycles. The van der Waals surface area contributed by atoms with Crippen LogP contribution < -0.4 is 4.72 Å². The molecule has 2 heterocycles. The Labute approximate surface area is 141 Å². The van der Waals surface area contributed by atoms with Gasteiger partial charge in [0, 0.05) is 19.0 Å². The number of aromatic nitrogens is 3. The van der Waals surface area contributed by atoms with Crippen molar-refractivity contribution in [2.24, 2.45) is 0 Å². The van der Waals surface area contributed by atoms with Gasteiger partial charge < -0.3 is 0 Å². The smallest absolute Gasteiger partial charge is 0.240 e. The number of aromatic amines is 1. The van der Waals surface area contributed by atoms with Crippen molar-refractivity contribution in [1.82, 2.24) is 24.8 Å². The van der Waals surface area contributed by atoms with Gasteiger partial charge in [-0.05, 0) is 43.5 Å². The molecule has 7 nitrogen and oxygen atoms in total. The lowest BCUT2D eigenvalue weighted by Gasteiger charge is -2.29. The van der Waals surface area contributed by atoms with Crippen molar-refractivity contribution in [3.63, 3.8) is 0 Å². The van der Waals surface area contributed by atoms with E-state index in [0.717, 1.165) is 42.3 Å². The molecule has 2 aliphatic rings. The van der Waals surface area contributed by atoms with Crippen molar-refractivity contribution < 1.29 is 8.42 Å². The summed E-state index contributed by atoms with van der Waals surface area (Å²) in [5.74, 6) is 2.37. The summed E-state index contributed by atoms with van der Waals surface area (Å²) in [7, 11) is -1.96. The first kappa shape index (κ1) is 15.7. The first-order chi connectivity index (χ1) is 11.6. The van der Waals surface area contributed by atoms with E-state index < -0.39 is 10.0 Å². The zero-order chi connectivity index (χ0) is 16.7. The zero-order valence-electron chi connectivity index (χ0n) is 13.6. The predicted molar refractivity (Wildman–Crippen MR) is 88.9 cm³/mol. The van der Waals surface area contributed by atoms with Crippen molar-refractivity contribution in [1.29, 1.82) is 0 Å². The summed E-state index contributed by atoms with van der Waals surface area (Å²) < 4.78 is 26.8. The molecule has 0 saturated heterocycles. The number of fused-ring (bicyclic) bond motifs is 1. The molecule has 1 aliphatic carbocycles. The highest BCUT2D eigenvalue weighted by Gasteiger charge is 2.28. The molecular formula is C16H21N5O2S. The summed E-state index contributed by atoms with van der Waals surface area (Å²) >= 11 is 0. The topological polar surface area (TPSA) is 91.0 Å². The van der Waals surface area contributed by atoms with E-state index in [-0.39, 0.29) is 0 Å². The van der Waals surface area contributed by atoms with Crippen LogP contribution in [0, 0.1) is 0 Å². The van der Waals surface area contributed by atoms with Crippen molar-refractivity contribution in [2.75, 3.05) is 13.6 Å². The number of sulfonamides is 1. The van der Waals surface area contributed by atoms with Gasteiger partial charge in [0.25, 0.3) is 0 Å². The number of hydrogen-bond donors (Lipinski definition) is 2. The molecule has 4 rings (SSSR count). The van der Waals surface area contributed by atoms with E-state index in [2.05, 4.69) is 24.8 Å². The van der Waals surface area contributed by atoms with Crippen molar-refractivity contribution in [3.8, 4) is 0 Å². The Balaban J connectivity index is 1.52. The highest BCUT2D eigenvalue weighted by molar-refractivity contribution is 7.89. The minimum absolute atomic E-state index is 0.401. The maximum absolute atomic E-state index is 12.2. The maximum Gasteiger partial charge on any atom is 0.240 e. The summed E-state index contributed by atoms with van der Waals surface area (Å²) in [6.07, 6.45) is 3.10. The van der Waals surface area contributed by atoms with Crippen LogP contribution in [0.2, 0.25) is 0 Å². The number of H-pyrrole nitrogens is 1. The van der Waals surface area contributed by atoms with Crippen LogP contribution in [0.4, 0.5) is 0 Å². The van der Waals surface area contributed by atoms with Gasteiger partial charge in [-0.15, -0.1) is 0 Å². The molecule has 0 bridgehead atoms. The Morgan fingerprint density at radius 2 is 2.21 bits per heavy atom. The quantitative estimate of drug-likeness (QED) is 0.847. The Hall–Kier alpha value is -1.77. The number of rotatable bonds is 5. The molecule has 0 amide bonds. The fourth-order valence-corrected chi connectivity index (χ4v) is 4.28. The largest absolute Gasteiger partial charge is 0.291 e. The highest BCUT2D eigenvalue weighted by atomic mass is 32.2. The summed E-state index contributed by atoms with van der Waals surface area (Å²) in [4.78, 5) is 7.25. The lowest BCUT2D eigenvalue weighted by molar-refractivity contribution is 0.238. The molecule has 2 aromatic rings. The molecule has 24 heavy (non-hydrogen) atoms. The van der Waals surface area contributed by atoms with Crippen LogP contribution in [0.5, 0.6) is 0 Å². The highest BCUT2D eigenvalue weighted by Crippen LogP contribution is 2.37. The first-order valence-corrected chi connectivity index (χ1v) is 9.73. The standard InChI is InChI=1S/C16H21N5O2S/c1-17-24(22,23)14-4-2-3-12-9-21(8-7-13(12)14)10-15-18-16(20-19-15)11-5-6-11/h2-4,11,17H,5-10H2,1H3,(H,18,19,20). The molecule has 1 aliphatic heterocycles. The van der Waals surface area contributed by atoms with E-state index in [1.54, 1.807) is 6.07 Å². The molecule has 1 saturated carbocycles. The predicted octanol–water partition coefficient (Wildman–Crippen LogP) is 1.15. The second-order valence-corrected chi connectivity index (χ2v) is 8.33. The van der Waals surface area contributed by atoms with Crippen molar-refractivity contribution in [2.45, 2.75) is 43.2 Å². The van der Waals surface area contributed by atoms with Crippen molar-refractivity contribution >= 4 is 10.0 Å². The SMILES string of the molecule is CNS(=O)(=O)c1cccc2c1CCN(Cc1nc(C3CC3)n[nH]1)C2. The van der Waals surface area contributed by atoms with Gasteiger partial charge in [-0.25, -0.2) is 18.1 Å². The Kier molecular flexibility index (Phi) is 3.90. The van der Waals surface area contributed by atoms with Gasteiger partial charge in [0.2, 0.25) is 10.0 Å². The van der Waals surface area contributed by atoms with Gasteiger partial charge in [-0.2, -0.15) is 5.10 Å². The van der Waals surface area contributed by atoms with E-state index >= 15 is 0 Å². The Morgan fingerprint density at radius 1 is 1.38 bits per heavy atom. The summed E-state index contributed by atoms with van der Waals surface area (Å²) in [5.41, 5.74) is 2.00. The molecule has 128 valence electrons. The zero-order valence-corrected chi connectivity index (χ0v) is 14.4. The van der Waals surface area contributed by atoms with E-state index in [1.165, 1.54) is 19.9 Å². The van der Waals surface area contributed by atoms with Gasteiger partial charge >= 0.3 is 0 Å². The summed E-state index contributed by atoms with van der Waals surface area (Å²) in [6.45, 7) is 2.24. The molecule has 0 radical (unpaired) electrons. The number of nitrogens with zero attached hydrogens (tertiary/aromatic N) is 3. The third-order valence-electron chi connectivity index (χ3n) is 4.73. The van der Waals surface area contributed by atoms with Gasteiger partial charge in [-0.1, -0.05) is 12.1 Å². The van der Waals surface area contributed by atoms with Crippen LogP contribution in [0.15, 0.2) is 23.1 Å². The fourth-order valence-electron chi connectivity index (χ4n) is 3.25. The van der Waals surface area contributed by atoms with Crippen LogP contribution in [-0.4, -0.2) is 42.1 Å². The molecule has 0 spiro atoms. The van der Waals surface area contributed by atoms with Gasteiger partial charge in [0.1, 0.15) is 5.82 Å². The third-order valence-corrected chi connectivity index (χ3v) is 6.22. The maximum atomic E-state index is 12.2. The van der Waals surface area contributed by atoms with Crippen LogP contribution in [0.1, 0.15) is 41.5 Å². The van der Waals surface area contributed by atoms with Crippen LogP contribution in [0.3, 0.4) is 0 Å². The number of hydrogen-bond acceptors (Lipinski definition) is 5. The summed E-state index contributed by atoms with van der Waals surface area (Å²) in [6, 6.07) is 5.50. The molecule has 1 aromatic heterocycles. The minimum atomic E-state index is -3.41. The Bertz CT molecular complexity index is 857. The Morgan fingerprint density at radius 3 is 2.96 bits per heavy atom. The molecule has 0 atom stereocenters. The average Bonchev–Trinajstić information content (AvgIpc) is 3.34. The lowest BCUT2D eigenvalue weighted by Crippen LogP contribution is -2.32. The minimum Gasteiger partial charge on any atom is -0.291 e. The molecular weight excluding hydrogens is 326 g/mol. The number of nitrogens with one attached hydrogen (secondary N) is 2. The fraction of sp³-hybridized carbons (Fsp3) is 0.500. The number of benzene rings is 1. The summed E-state index contributed by atoms with van der Waals surface area (Å²) in [5, 5.41) is 7.33. The van der Waals surface area contributed by atoms with Gasteiger partial charge in [0.15, 0.2) is 5.82 Å². The average molecular weight is 347 g/mol. The second-order valence-electron chi connectivity index (χ2n) is 6.48. The lowest BCUT2D eigenvalue weighted by atomic mass is 10.00. The molecule has 1 fully saturated rings. The van der Waals surface area contributed by atoms with E-state index in [1.807, 2.05) is 12.1 Å². The van der Waals surface area contributed by atoms with Crippen LogP contribution in [-0.2, 0) is 29.5 Å². The van der Waals surface area contributed by atoms with Crippen LogP contribution >= 0.6 is 0 Å². The third kappa shape index (κ3) is 2.97. The van der Waals surface area contributed by atoms with E-state index in [0.29, 0.717) is 17.4 Å². The normalized spacial score (nSPS) is 18.5. The van der Waals surface area contributed by atoms with E-state index in [4.69, 9.17) is 0 Å². The van der Waals surface area contributed by atoms with Gasteiger partial charge in [-0.3, -0.25) is 10.00 Å². The second kappa shape index (κ2) is 5.94. The molecule has 8 heteroatoms. The van der Waals surface area contributed by atoms with Gasteiger partial charge in [0.05, 0.1) is 11.4 Å². The molecule has 0 unspecified atom stereocenters. The van der Waals surface area contributed by atoms with Crippen molar-refractivity contribution in [3.05, 3.63) is 41.0 Å². The van der Waals surface area contributed by atoms with Crippen LogP contribution in [0.25, 0.3) is 0 Å².